The molecule has 0 bridgehead atoms. The van der Waals surface area contributed by atoms with Crippen LogP contribution in [0.3, 0.4) is 0 Å². The zero-order valence-electron chi connectivity index (χ0n) is 10.9. The van der Waals surface area contributed by atoms with Gasteiger partial charge in [0.05, 0.1) is 7.11 Å². The molecule has 1 heterocycles. The summed E-state index contributed by atoms with van der Waals surface area (Å²) in [4.78, 5) is 2.52. The Morgan fingerprint density at radius 2 is 2.00 bits per heavy atom. The minimum atomic E-state index is 0.575. The molecule has 1 aliphatic rings. The summed E-state index contributed by atoms with van der Waals surface area (Å²) in [5.74, 6) is 0.908. The Balaban J connectivity index is 1.89. The molecule has 0 aromatic heterocycles. The van der Waals surface area contributed by atoms with Gasteiger partial charge in [0, 0.05) is 30.9 Å². The predicted molar refractivity (Wildman–Crippen MR) is 71.7 cm³/mol. The summed E-state index contributed by atoms with van der Waals surface area (Å²) in [7, 11) is 1.69. The molecule has 1 fully saturated rings. The highest BCUT2D eigenvalue weighted by atomic mass is 16.5. The molecular formula is C14H22N2O. The summed E-state index contributed by atoms with van der Waals surface area (Å²) in [5, 5.41) is 3.58. The number of ether oxygens (including phenoxy) is 1. The quantitative estimate of drug-likeness (QED) is 0.866. The van der Waals surface area contributed by atoms with Crippen molar-refractivity contribution >= 4 is 5.69 Å². The van der Waals surface area contributed by atoms with E-state index in [-0.39, 0.29) is 0 Å². The van der Waals surface area contributed by atoms with Crippen LogP contribution in [0, 0.1) is 0 Å². The average molecular weight is 234 g/mol. The van der Waals surface area contributed by atoms with E-state index >= 15 is 0 Å². The van der Waals surface area contributed by atoms with Crippen LogP contribution in [0.5, 0.6) is 5.75 Å². The summed E-state index contributed by atoms with van der Waals surface area (Å²) in [6, 6.07) is 9.38. The van der Waals surface area contributed by atoms with Crippen molar-refractivity contribution < 1.29 is 4.74 Å². The van der Waals surface area contributed by atoms with Crippen molar-refractivity contribution in [3.63, 3.8) is 0 Å². The van der Waals surface area contributed by atoms with Gasteiger partial charge in [-0.3, -0.25) is 4.90 Å². The van der Waals surface area contributed by atoms with Gasteiger partial charge in [-0.2, -0.15) is 0 Å². The Bertz CT molecular complexity index is 348. The lowest BCUT2D eigenvalue weighted by Gasteiger charge is -2.20. The van der Waals surface area contributed by atoms with E-state index in [0.29, 0.717) is 12.1 Å². The molecule has 3 heteroatoms. The van der Waals surface area contributed by atoms with Gasteiger partial charge < -0.3 is 10.1 Å². The van der Waals surface area contributed by atoms with Crippen molar-refractivity contribution in [2.24, 2.45) is 0 Å². The van der Waals surface area contributed by atoms with E-state index in [9.17, 15) is 0 Å². The van der Waals surface area contributed by atoms with Crippen LogP contribution in [0.1, 0.15) is 20.3 Å². The zero-order chi connectivity index (χ0) is 12.3. The molecule has 1 atom stereocenters. The standard InChI is InChI=1S/C14H22N2O/c1-11(2)16-9-8-13(10-16)15-12-4-6-14(17-3)7-5-12/h4-7,11,13,15H,8-10H2,1-3H3. The summed E-state index contributed by atoms with van der Waals surface area (Å²) in [6.45, 7) is 6.86. The molecular weight excluding hydrogens is 212 g/mol. The fraction of sp³-hybridized carbons (Fsp3) is 0.571. The van der Waals surface area contributed by atoms with Crippen LogP contribution in [0.15, 0.2) is 24.3 Å². The van der Waals surface area contributed by atoms with Crippen LogP contribution >= 0.6 is 0 Å². The second-order valence-electron chi connectivity index (χ2n) is 4.95. The van der Waals surface area contributed by atoms with Crippen molar-refractivity contribution in [2.45, 2.75) is 32.4 Å². The van der Waals surface area contributed by atoms with Crippen molar-refractivity contribution in [3.05, 3.63) is 24.3 Å². The Morgan fingerprint density at radius 1 is 1.29 bits per heavy atom. The van der Waals surface area contributed by atoms with Crippen LogP contribution in [0.25, 0.3) is 0 Å². The van der Waals surface area contributed by atoms with Gasteiger partial charge in [-0.25, -0.2) is 0 Å². The van der Waals surface area contributed by atoms with Crippen LogP contribution < -0.4 is 10.1 Å². The predicted octanol–water partition coefficient (Wildman–Crippen LogP) is 2.59. The maximum atomic E-state index is 5.15. The molecule has 94 valence electrons. The first-order valence-corrected chi connectivity index (χ1v) is 6.33. The van der Waals surface area contributed by atoms with Crippen molar-refractivity contribution in [1.82, 2.24) is 4.90 Å². The number of nitrogens with zero attached hydrogens (tertiary/aromatic N) is 1. The van der Waals surface area contributed by atoms with Gasteiger partial charge in [-0.05, 0) is 44.5 Å². The molecule has 1 saturated heterocycles. The number of nitrogens with one attached hydrogen (secondary N) is 1. The lowest BCUT2D eigenvalue weighted by atomic mass is 10.2. The summed E-state index contributed by atoms with van der Waals surface area (Å²) >= 11 is 0. The highest BCUT2D eigenvalue weighted by Crippen LogP contribution is 2.20. The summed E-state index contributed by atoms with van der Waals surface area (Å²) in [5.41, 5.74) is 1.18. The normalized spacial score (nSPS) is 20.8. The largest absolute Gasteiger partial charge is 0.497 e. The Labute approximate surface area is 104 Å². The zero-order valence-corrected chi connectivity index (χ0v) is 10.9. The van der Waals surface area contributed by atoms with Crippen LogP contribution in [0.2, 0.25) is 0 Å². The van der Waals surface area contributed by atoms with E-state index in [1.165, 1.54) is 18.7 Å². The molecule has 1 unspecified atom stereocenters. The molecule has 0 spiro atoms. The van der Waals surface area contributed by atoms with Gasteiger partial charge in [0.2, 0.25) is 0 Å². The molecule has 1 aromatic carbocycles. The third-order valence-corrected chi connectivity index (χ3v) is 3.41. The van der Waals surface area contributed by atoms with Crippen molar-refractivity contribution in [1.29, 1.82) is 0 Å². The fourth-order valence-electron chi connectivity index (χ4n) is 2.30. The monoisotopic (exact) mass is 234 g/mol. The third kappa shape index (κ3) is 3.13. The van der Waals surface area contributed by atoms with E-state index < -0.39 is 0 Å². The van der Waals surface area contributed by atoms with E-state index in [2.05, 4.69) is 36.2 Å². The Kier molecular flexibility index (Phi) is 3.89. The molecule has 0 saturated carbocycles. The van der Waals surface area contributed by atoms with E-state index in [1.807, 2.05) is 12.1 Å². The number of likely N-dealkylation sites (tertiary alicyclic amines) is 1. The van der Waals surface area contributed by atoms with Gasteiger partial charge in [0.1, 0.15) is 5.75 Å². The number of anilines is 1. The lowest BCUT2D eigenvalue weighted by molar-refractivity contribution is 0.274. The van der Waals surface area contributed by atoms with E-state index in [4.69, 9.17) is 4.74 Å². The molecule has 0 amide bonds. The second-order valence-corrected chi connectivity index (χ2v) is 4.95. The number of rotatable bonds is 4. The van der Waals surface area contributed by atoms with Gasteiger partial charge >= 0.3 is 0 Å². The molecule has 17 heavy (non-hydrogen) atoms. The number of benzene rings is 1. The maximum Gasteiger partial charge on any atom is 0.119 e. The van der Waals surface area contributed by atoms with Gasteiger partial charge in [0.15, 0.2) is 0 Å². The fourth-order valence-corrected chi connectivity index (χ4v) is 2.30. The molecule has 1 aromatic rings. The van der Waals surface area contributed by atoms with Gasteiger partial charge in [-0.1, -0.05) is 0 Å². The topological polar surface area (TPSA) is 24.5 Å². The molecule has 3 nitrogen and oxygen atoms in total. The number of hydrogen-bond donors (Lipinski definition) is 1. The van der Waals surface area contributed by atoms with E-state index in [0.717, 1.165) is 12.3 Å². The highest BCUT2D eigenvalue weighted by Gasteiger charge is 2.23. The van der Waals surface area contributed by atoms with Crippen LogP contribution in [0.4, 0.5) is 5.69 Å². The minimum absolute atomic E-state index is 0.575. The van der Waals surface area contributed by atoms with Gasteiger partial charge in [0.25, 0.3) is 0 Å². The van der Waals surface area contributed by atoms with Crippen LogP contribution in [-0.2, 0) is 0 Å². The van der Waals surface area contributed by atoms with Crippen molar-refractivity contribution in [3.8, 4) is 5.75 Å². The smallest absolute Gasteiger partial charge is 0.119 e. The first kappa shape index (κ1) is 12.2. The third-order valence-electron chi connectivity index (χ3n) is 3.41. The first-order valence-electron chi connectivity index (χ1n) is 6.33. The number of hydrogen-bond acceptors (Lipinski definition) is 3. The summed E-state index contributed by atoms with van der Waals surface area (Å²) < 4.78 is 5.15. The van der Waals surface area contributed by atoms with E-state index in [1.54, 1.807) is 7.11 Å². The summed E-state index contributed by atoms with van der Waals surface area (Å²) in [6.07, 6.45) is 1.23. The SMILES string of the molecule is COc1ccc(NC2CCN(C(C)C)C2)cc1. The van der Waals surface area contributed by atoms with Crippen LogP contribution in [-0.4, -0.2) is 37.2 Å². The Morgan fingerprint density at radius 3 is 2.53 bits per heavy atom. The Hall–Kier alpha value is -1.22. The average Bonchev–Trinajstić information content (AvgIpc) is 2.79. The minimum Gasteiger partial charge on any atom is -0.497 e. The molecule has 2 rings (SSSR count). The maximum absolute atomic E-state index is 5.15. The number of methoxy groups -OCH3 is 1. The van der Waals surface area contributed by atoms with Crippen molar-refractivity contribution in [2.75, 3.05) is 25.5 Å². The highest BCUT2D eigenvalue weighted by molar-refractivity contribution is 5.47. The molecule has 0 radical (unpaired) electrons. The van der Waals surface area contributed by atoms with Gasteiger partial charge in [-0.15, -0.1) is 0 Å². The first-order chi connectivity index (χ1) is 8.19. The molecule has 1 N–H and O–H groups in total. The second kappa shape index (κ2) is 5.41. The molecule has 1 aliphatic heterocycles. The lowest BCUT2D eigenvalue weighted by Crippen LogP contribution is -2.31. The molecule has 0 aliphatic carbocycles.